The smallest absolute Gasteiger partial charge is 0.309 e. The molecular formula is C20H24N2O3. The lowest BCUT2D eigenvalue weighted by Gasteiger charge is -2.46. The Morgan fingerprint density at radius 1 is 1.52 bits per heavy atom. The number of nitrogens with one attached hydrogen (secondary N) is 1. The Balaban J connectivity index is 1.82. The van der Waals surface area contributed by atoms with Gasteiger partial charge in [-0.3, -0.25) is 9.69 Å². The molecule has 1 fully saturated rings. The maximum Gasteiger partial charge on any atom is 0.309 e. The number of aromatic amines is 1. The van der Waals surface area contributed by atoms with Gasteiger partial charge in [0, 0.05) is 41.6 Å². The lowest BCUT2D eigenvalue weighted by molar-refractivity contribution is -0.148. The van der Waals surface area contributed by atoms with E-state index in [4.69, 9.17) is 4.74 Å². The fourth-order valence-corrected chi connectivity index (χ4v) is 4.81. The van der Waals surface area contributed by atoms with E-state index in [0.717, 1.165) is 30.6 Å². The van der Waals surface area contributed by atoms with Crippen LogP contribution in [0.1, 0.15) is 29.2 Å². The highest BCUT2D eigenvalue weighted by Crippen LogP contribution is 2.45. The highest BCUT2D eigenvalue weighted by Gasteiger charge is 2.43. The van der Waals surface area contributed by atoms with Crippen LogP contribution in [0.5, 0.6) is 0 Å². The molecule has 1 aliphatic heterocycles. The normalized spacial score (nSPS) is 25.6. The van der Waals surface area contributed by atoms with Gasteiger partial charge in [-0.25, -0.2) is 0 Å². The second kappa shape index (κ2) is 6.32. The first-order chi connectivity index (χ1) is 12.2. The molecule has 5 nitrogen and oxygen atoms in total. The first kappa shape index (κ1) is 16.4. The molecule has 0 saturated carbocycles. The number of ether oxygens (including phenoxy) is 1. The lowest BCUT2D eigenvalue weighted by atomic mass is 9.72. The van der Waals surface area contributed by atoms with Crippen molar-refractivity contribution in [3.63, 3.8) is 0 Å². The topological polar surface area (TPSA) is 65.6 Å². The van der Waals surface area contributed by atoms with Gasteiger partial charge in [0.1, 0.15) is 0 Å². The summed E-state index contributed by atoms with van der Waals surface area (Å²) in [5.74, 6) is 0.0474. The number of aromatic nitrogens is 1. The predicted molar refractivity (Wildman–Crippen MR) is 96.3 cm³/mol. The van der Waals surface area contributed by atoms with E-state index in [0.29, 0.717) is 12.6 Å². The van der Waals surface area contributed by atoms with Gasteiger partial charge in [0.25, 0.3) is 0 Å². The summed E-state index contributed by atoms with van der Waals surface area (Å²) in [7, 11) is 1.46. The van der Waals surface area contributed by atoms with Crippen LogP contribution in [0, 0.1) is 5.92 Å². The zero-order valence-corrected chi connectivity index (χ0v) is 14.5. The standard InChI is InChI=1S/C20H24N2O3/c1-3-7-22-10-12(20(24)25-2)8-14-13-5-4-6-16-19(13)15(9-18(14)22)17(11-23)21-16/h3-6,12,14,18,21,23H,1,7-11H2,2H3/t12-,14?,18+/m0/s1. The summed E-state index contributed by atoms with van der Waals surface area (Å²) in [6.07, 6.45) is 3.60. The minimum Gasteiger partial charge on any atom is -0.469 e. The van der Waals surface area contributed by atoms with E-state index in [1.54, 1.807) is 0 Å². The van der Waals surface area contributed by atoms with Gasteiger partial charge in [-0.1, -0.05) is 18.2 Å². The summed E-state index contributed by atoms with van der Waals surface area (Å²) in [6.45, 7) is 5.35. The van der Waals surface area contributed by atoms with Gasteiger partial charge in [-0.2, -0.15) is 0 Å². The molecule has 3 atom stereocenters. The van der Waals surface area contributed by atoms with E-state index in [1.807, 2.05) is 6.08 Å². The van der Waals surface area contributed by atoms with Crippen molar-refractivity contribution in [1.29, 1.82) is 0 Å². The maximum absolute atomic E-state index is 12.2. The number of aliphatic hydroxyl groups is 1. The van der Waals surface area contributed by atoms with Crippen molar-refractivity contribution in [3.05, 3.63) is 47.7 Å². The Morgan fingerprint density at radius 2 is 2.36 bits per heavy atom. The van der Waals surface area contributed by atoms with Crippen molar-refractivity contribution < 1.29 is 14.6 Å². The second-order valence-electron chi connectivity index (χ2n) is 7.09. The third-order valence-electron chi connectivity index (χ3n) is 5.84. The van der Waals surface area contributed by atoms with Crippen LogP contribution in [0.4, 0.5) is 0 Å². The van der Waals surface area contributed by atoms with Gasteiger partial charge in [-0.15, -0.1) is 6.58 Å². The third-order valence-corrected chi connectivity index (χ3v) is 5.84. The van der Waals surface area contributed by atoms with Crippen molar-refractivity contribution in [2.24, 2.45) is 5.92 Å². The molecule has 1 aromatic carbocycles. The lowest BCUT2D eigenvalue weighted by Crippen LogP contribution is -2.51. The van der Waals surface area contributed by atoms with Gasteiger partial charge in [0.05, 0.1) is 19.6 Å². The number of rotatable bonds is 4. The number of H-pyrrole nitrogens is 1. The SMILES string of the molecule is C=CCN1C[C@@H](C(=O)OC)CC2c3cccc4[nH]c(CO)c(c34)C[C@H]21. The summed E-state index contributed by atoms with van der Waals surface area (Å²) in [5.41, 5.74) is 4.49. The van der Waals surface area contributed by atoms with Gasteiger partial charge in [0.2, 0.25) is 0 Å². The average molecular weight is 340 g/mol. The van der Waals surface area contributed by atoms with Crippen molar-refractivity contribution in [3.8, 4) is 0 Å². The highest BCUT2D eigenvalue weighted by atomic mass is 16.5. The number of carbonyl (C=O) groups excluding carboxylic acids is 1. The quantitative estimate of drug-likeness (QED) is 0.662. The molecule has 4 rings (SSSR count). The minimum atomic E-state index is -0.129. The Morgan fingerprint density at radius 3 is 3.08 bits per heavy atom. The van der Waals surface area contributed by atoms with Crippen molar-refractivity contribution in [1.82, 2.24) is 9.88 Å². The van der Waals surface area contributed by atoms with Crippen molar-refractivity contribution in [2.45, 2.75) is 31.4 Å². The summed E-state index contributed by atoms with van der Waals surface area (Å²) in [4.78, 5) is 17.9. The van der Waals surface area contributed by atoms with E-state index in [2.05, 4.69) is 34.7 Å². The molecular weight excluding hydrogens is 316 g/mol. The molecule has 1 unspecified atom stereocenters. The van der Waals surface area contributed by atoms with E-state index in [-0.39, 0.29) is 24.4 Å². The van der Waals surface area contributed by atoms with E-state index >= 15 is 0 Å². The van der Waals surface area contributed by atoms with E-state index in [9.17, 15) is 9.90 Å². The number of hydrogen-bond donors (Lipinski definition) is 2. The molecule has 1 saturated heterocycles. The summed E-state index contributed by atoms with van der Waals surface area (Å²) >= 11 is 0. The van der Waals surface area contributed by atoms with Gasteiger partial charge in [0.15, 0.2) is 0 Å². The summed E-state index contributed by atoms with van der Waals surface area (Å²) in [5, 5.41) is 11.0. The number of benzene rings is 1. The van der Waals surface area contributed by atoms with E-state index < -0.39 is 0 Å². The van der Waals surface area contributed by atoms with Crippen LogP contribution in [0.25, 0.3) is 10.9 Å². The molecule has 25 heavy (non-hydrogen) atoms. The molecule has 2 aromatic rings. The highest BCUT2D eigenvalue weighted by molar-refractivity contribution is 5.90. The molecule has 132 valence electrons. The molecule has 1 aliphatic carbocycles. The van der Waals surface area contributed by atoms with Crippen LogP contribution in [0.15, 0.2) is 30.9 Å². The average Bonchev–Trinajstić information content (AvgIpc) is 3.01. The van der Waals surface area contributed by atoms with Gasteiger partial charge < -0.3 is 14.8 Å². The zero-order valence-electron chi connectivity index (χ0n) is 14.5. The molecule has 2 aliphatic rings. The van der Waals surface area contributed by atoms with Crippen LogP contribution in [-0.2, 0) is 22.6 Å². The zero-order chi connectivity index (χ0) is 17.6. The number of nitrogens with zero attached hydrogens (tertiary/aromatic N) is 1. The Bertz CT molecular complexity index is 826. The number of aliphatic hydroxyl groups excluding tert-OH is 1. The summed E-state index contributed by atoms with van der Waals surface area (Å²) < 4.78 is 5.03. The molecule has 2 N–H and O–H groups in total. The van der Waals surface area contributed by atoms with Gasteiger partial charge >= 0.3 is 5.97 Å². The number of likely N-dealkylation sites (tertiary alicyclic amines) is 1. The third kappa shape index (κ3) is 2.50. The largest absolute Gasteiger partial charge is 0.469 e. The fraction of sp³-hybridized carbons (Fsp3) is 0.450. The van der Waals surface area contributed by atoms with Crippen molar-refractivity contribution >= 4 is 16.9 Å². The van der Waals surface area contributed by atoms with E-state index in [1.165, 1.54) is 23.6 Å². The molecule has 5 heteroatoms. The van der Waals surface area contributed by atoms with Crippen LogP contribution >= 0.6 is 0 Å². The van der Waals surface area contributed by atoms with Crippen LogP contribution in [0.3, 0.4) is 0 Å². The summed E-state index contributed by atoms with van der Waals surface area (Å²) in [6, 6.07) is 6.60. The number of piperidine rings is 1. The maximum atomic E-state index is 12.2. The predicted octanol–water partition coefficient (Wildman–Crippen LogP) is 2.35. The first-order valence-corrected chi connectivity index (χ1v) is 8.83. The Hall–Kier alpha value is -2.11. The van der Waals surface area contributed by atoms with Crippen LogP contribution in [-0.4, -0.2) is 47.2 Å². The molecule has 0 bridgehead atoms. The number of hydrogen-bond acceptors (Lipinski definition) is 4. The molecule has 0 spiro atoms. The minimum absolute atomic E-state index is 0.0209. The number of methoxy groups -OCH3 is 1. The number of carbonyl (C=O) groups is 1. The Labute approximate surface area is 147 Å². The molecule has 0 amide bonds. The molecule has 0 radical (unpaired) electrons. The van der Waals surface area contributed by atoms with Crippen LogP contribution < -0.4 is 0 Å². The molecule has 2 heterocycles. The number of esters is 1. The Kier molecular flexibility index (Phi) is 4.13. The second-order valence-corrected chi connectivity index (χ2v) is 7.09. The van der Waals surface area contributed by atoms with Crippen molar-refractivity contribution in [2.75, 3.05) is 20.2 Å². The van der Waals surface area contributed by atoms with Crippen LogP contribution in [0.2, 0.25) is 0 Å². The first-order valence-electron chi connectivity index (χ1n) is 8.83. The fourth-order valence-electron chi connectivity index (χ4n) is 4.81. The monoisotopic (exact) mass is 340 g/mol. The number of fused-ring (bicyclic) bond motifs is 2. The molecule has 1 aromatic heterocycles. The van der Waals surface area contributed by atoms with Gasteiger partial charge in [-0.05, 0) is 30.0 Å².